The molecule has 3 atom stereocenters. The number of hydrogen-bond acceptors (Lipinski definition) is 2. The van der Waals surface area contributed by atoms with E-state index in [9.17, 15) is 0 Å². The average molecular weight is 226 g/mol. The standard InChI is InChI=1S/C14H30N2/c1-7-12(4)14(6)15-8-9-16(11(2)3)13(5)10-15/h11-14H,7-10H2,1-6H3. The van der Waals surface area contributed by atoms with Crippen molar-refractivity contribution in [2.24, 2.45) is 5.92 Å². The molecule has 1 saturated heterocycles. The summed E-state index contributed by atoms with van der Waals surface area (Å²) in [6.07, 6.45) is 1.29. The van der Waals surface area contributed by atoms with Crippen LogP contribution in [0.3, 0.4) is 0 Å². The molecule has 0 radical (unpaired) electrons. The summed E-state index contributed by atoms with van der Waals surface area (Å²) in [7, 11) is 0. The zero-order valence-electron chi connectivity index (χ0n) is 12.0. The first-order valence-electron chi connectivity index (χ1n) is 6.97. The lowest BCUT2D eigenvalue weighted by molar-refractivity contribution is 0.0274. The molecule has 1 heterocycles. The third-order valence-corrected chi connectivity index (χ3v) is 4.42. The Morgan fingerprint density at radius 3 is 2.19 bits per heavy atom. The maximum atomic E-state index is 2.68. The normalized spacial score (nSPS) is 28.3. The second-order valence-electron chi connectivity index (χ2n) is 5.80. The van der Waals surface area contributed by atoms with E-state index in [1.165, 1.54) is 26.1 Å². The lowest BCUT2D eigenvalue weighted by Crippen LogP contribution is -2.57. The lowest BCUT2D eigenvalue weighted by Gasteiger charge is -2.45. The van der Waals surface area contributed by atoms with E-state index >= 15 is 0 Å². The predicted molar refractivity (Wildman–Crippen MR) is 71.8 cm³/mol. The molecule has 0 aromatic rings. The number of rotatable bonds is 4. The minimum Gasteiger partial charge on any atom is -0.298 e. The van der Waals surface area contributed by atoms with Crippen LogP contribution in [0.25, 0.3) is 0 Å². The fraction of sp³-hybridized carbons (Fsp3) is 1.00. The highest BCUT2D eigenvalue weighted by molar-refractivity contribution is 4.84. The van der Waals surface area contributed by atoms with Gasteiger partial charge in [0.2, 0.25) is 0 Å². The van der Waals surface area contributed by atoms with Crippen molar-refractivity contribution in [3.05, 3.63) is 0 Å². The van der Waals surface area contributed by atoms with Gasteiger partial charge in [-0.25, -0.2) is 0 Å². The number of piperazine rings is 1. The summed E-state index contributed by atoms with van der Waals surface area (Å²) in [6, 6.07) is 2.14. The summed E-state index contributed by atoms with van der Waals surface area (Å²) < 4.78 is 0. The van der Waals surface area contributed by atoms with Crippen molar-refractivity contribution in [2.45, 2.75) is 66.1 Å². The van der Waals surface area contributed by atoms with Gasteiger partial charge in [-0.05, 0) is 33.6 Å². The second kappa shape index (κ2) is 6.02. The topological polar surface area (TPSA) is 6.48 Å². The van der Waals surface area contributed by atoms with Gasteiger partial charge in [-0.2, -0.15) is 0 Å². The molecule has 1 aliphatic heterocycles. The summed E-state index contributed by atoms with van der Waals surface area (Å²) in [4.78, 5) is 5.30. The van der Waals surface area contributed by atoms with Gasteiger partial charge in [0, 0.05) is 37.8 Å². The molecule has 2 heteroatoms. The number of nitrogens with zero attached hydrogens (tertiary/aromatic N) is 2. The maximum Gasteiger partial charge on any atom is 0.0198 e. The smallest absolute Gasteiger partial charge is 0.0198 e. The molecule has 0 N–H and O–H groups in total. The Morgan fingerprint density at radius 2 is 1.75 bits per heavy atom. The van der Waals surface area contributed by atoms with Gasteiger partial charge < -0.3 is 0 Å². The van der Waals surface area contributed by atoms with E-state index < -0.39 is 0 Å². The predicted octanol–water partition coefficient (Wildman–Crippen LogP) is 2.84. The van der Waals surface area contributed by atoms with Crippen molar-refractivity contribution in [2.75, 3.05) is 19.6 Å². The molecule has 0 bridgehead atoms. The molecule has 0 saturated carbocycles. The molecule has 0 aliphatic carbocycles. The zero-order valence-corrected chi connectivity index (χ0v) is 12.0. The van der Waals surface area contributed by atoms with Crippen LogP contribution < -0.4 is 0 Å². The van der Waals surface area contributed by atoms with Gasteiger partial charge in [0.05, 0.1) is 0 Å². The third-order valence-electron chi connectivity index (χ3n) is 4.42. The zero-order chi connectivity index (χ0) is 12.3. The summed E-state index contributed by atoms with van der Waals surface area (Å²) in [6.45, 7) is 17.8. The molecule has 0 amide bonds. The molecular formula is C14H30N2. The van der Waals surface area contributed by atoms with Gasteiger partial charge in [0.25, 0.3) is 0 Å². The fourth-order valence-electron chi connectivity index (χ4n) is 2.84. The van der Waals surface area contributed by atoms with E-state index in [0.29, 0.717) is 12.1 Å². The molecule has 1 rings (SSSR count). The van der Waals surface area contributed by atoms with Crippen LogP contribution in [0.4, 0.5) is 0 Å². The quantitative estimate of drug-likeness (QED) is 0.727. The van der Waals surface area contributed by atoms with Crippen LogP contribution in [0.2, 0.25) is 0 Å². The minimum atomic E-state index is 0.691. The summed E-state index contributed by atoms with van der Waals surface area (Å²) in [5.74, 6) is 0.817. The van der Waals surface area contributed by atoms with Crippen LogP contribution in [0, 0.1) is 5.92 Å². The maximum absolute atomic E-state index is 2.68. The van der Waals surface area contributed by atoms with Crippen molar-refractivity contribution < 1.29 is 0 Å². The first kappa shape index (κ1) is 14.0. The second-order valence-corrected chi connectivity index (χ2v) is 5.80. The van der Waals surface area contributed by atoms with Crippen molar-refractivity contribution in [3.63, 3.8) is 0 Å². The van der Waals surface area contributed by atoms with Crippen LogP contribution in [-0.2, 0) is 0 Å². The Bertz CT molecular complexity index is 203. The van der Waals surface area contributed by atoms with E-state index in [2.05, 4.69) is 51.3 Å². The van der Waals surface area contributed by atoms with Crippen molar-refractivity contribution in [1.29, 1.82) is 0 Å². The van der Waals surface area contributed by atoms with Crippen LogP contribution >= 0.6 is 0 Å². The van der Waals surface area contributed by atoms with Gasteiger partial charge in [-0.15, -0.1) is 0 Å². The number of hydrogen-bond donors (Lipinski definition) is 0. The summed E-state index contributed by atoms with van der Waals surface area (Å²) >= 11 is 0. The molecule has 0 aromatic carbocycles. The van der Waals surface area contributed by atoms with E-state index in [0.717, 1.165) is 12.0 Å². The Morgan fingerprint density at radius 1 is 1.12 bits per heavy atom. The lowest BCUT2D eigenvalue weighted by atomic mass is 9.97. The van der Waals surface area contributed by atoms with E-state index in [1.54, 1.807) is 0 Å². The molecule has 1 aliphatic rings. The monoisotopic (exact) mass is 226 g/mol. The highest BCUT2D eigenvalue weighted by Gasteiger charge is 2.29. The fourth-order valence-corrected chi connectivity index (χ4v) is 2.84. The molecule has 2 nitrogen and oxygen atoms in total. The summed E-state index contributed by atoms with van der Waals surface area (Å²) in [5, 5.41) is 0. The van der Waals surface area contributed by atoms with E-state index in [1.807, 2.05) is 0 Å². The van der Waals surface area contributed by atoms with Crippen LogP contribution in [0.15, 0.2) is 0 Å². The van der Waals surface area contributed by atoms with Gasteiger partial charge in [-0.1, -0.05) is 20.3 Å². The van der Waals surface area contributed by atoms with Crippen molar-refractivity contribution in [3.8, 4) is 0 Å². The highest BCUT2D eigenvalue weighted by atomic mass is 15.3. The van der Waals surface area contributed by atoms with Gasteiger partial charge in [0.15, 0.2) is 0 Å². The van der Waals surface area contributed by atoms with Gasteiger partial charge in [-0.3, -0.25) is 9.80 Å². The Kier molecular flexibility index (Phi) is 5.26. The van der Waals surface area contributed by atoms with E-state index in [4.69, 9.17) is 0 Å². The Hall–Kier alpha value is -0.0800. The van der Waals surface area contributed by atoms with Crippen LogP contribution in [0.5, 0.6) is 0 Å². The highest BCUT2D eigenvalue weighted by Crippen LogP contribution is 2.20. The Labute approximate surface area is 102 Å². The SMILES string of the molecule is CCC(C)C(C)N1CCN(C(C)C)C(C)C1. The van der Waals surface area contributed by atoms with Crippen LogP contribution in [0.1, 0.15) is 48.0 Å². The minimum absolute atomic E-state index is 0.691. The molecule has 16 heavy (non-hydrogen) atoms. The summed E-state index contributed by atoms with van der Waals surface area (Å²) in [5.41, 5.74) is 0. The first-order valence-corrected chi connectivity index (χ1v) is 6.97. The average Bonchev–Trinajstić information content (AvgIpc) is 2.26. The van der Waals surface area contributed by atoms with E-state index in [-0.39, 0.29) is 0 Å². The molecule has 96 valence electrons. The van der Waals surface area contributed by atoms with Gasteiger partial charge >= 0.3 is 0 Å². The van der Waals surface area contributed by atoms with Crippen LogP contribution in [-0.4, -0.2) is 47.6 Å². The molecule has 1 fully saturated rings. The Balaban J connectivity index is 2.51. The van der Waals surface area contributed by atoms with Gasteiger partial charge in [0.1, 0.15) is 0 Å². The van der Waals surface area contributed by atoms with Crippen molar-refractivity contribution >= 4 is 0 Å². The first-order chi connectivity index (χ1) is 7.47. The molecular weight excluding hydrogens is 196 g/mol. The molecule has 0 spiro atoms. The largest absolute Gasteiger partial charge is 0.298 e. The third kappa shape index (κ3) is 3.21. The molecule has 3 unspecified atom stereocenters. The van der Waals surface area contributed by atoms with Crippen molar-refractivity contribution in [1.82, 2.24) is 9.80 Å². The molecule has 0 aromatic heterocycles.